The van der Waals surface area contributed by atoms with Gasteiger partial charge in [0.05, 0.1) is 5.56 Å². The van der Waals surface area contributed by atoms with Crippen molar-refractivity contribution in [3.8, 4) is 11.1 Å². The van der Waals surface area contributed by atoms with Crippen LogP contribution >= 0.6 is 0 Å². The summed E-state index contributed by atoms with van der Waals surface area (Å²) in [5, 5.41) is -0.0472. The Labute approximate surface area is 105 Å². The lowest BCUT2D eigenvalue weighted by Gasteiger charge is -2.06. The van der Waals surface area contributed by atoms with Crippen LogP contribution in [0.4, 0.5) is 8.78 Å². The van der Waals surface area contributed by atoms with Crippen molar-refractivity contribution in [2.45, 2.75) is 0 Å². The standard InChI is InChI=1S/C13H6F2N2O2/c14-8-2-1-3-9(15)10(8)7-4-5-16-12-11(7)13(18)19-6-17-12/h1-6H. The van der Waals surface area contributed by atoms with E-state index in [1.165, 1.54) is 18.3 Å². The van der Waals surface area contributed by atoms with Crippen molar-refractivity contribution in [3.05, 3.63) is 58.9 Å². The van der Waals surface area contributed by atoms with E-state index >= 15 is 0 Å². The lowest BCUT2D eigenvalue weighted by molar-refractivity contribution is 0.500. The van der Waals surface area contributed by atoms with Crippen LogP contribution in [0.1, 0.15) is 0 Å². The SMILES string of the molecule is O=c1ocnc2nccc(-c3c(F)cccc3F)c12. The average molecular weight is 260 g/mol. The van der Waals surface area contributed by atoms with Gasteiger partial charge < -0.3 is 4.42 Å². The fraction of sp³-hybridized carbons (Fsp3) is 0. The highest BCUT2D eigenvalue weighted by molar-refractivity contribution is 5.91. The van der Waals surface area contributed by atoms with E-state index < -0.39 is 17.3 Å². The van der Waals surface area contributed by atoms with Gasteiger partial charge in [0.1, 0.15) is 17.0 Å². The van der Waals surface area contributed by atoms with Crippen LogP contribution in [0, 0.1) is 11.6 Å². The number of rotatable bonds is 1. The summed E-state index contributed by atoms with van der Waals surface area (Å²) in [4.78, 5) is 19.3. The van der Waals surface area contributed by atoms with Crippen LogP contribution in [-0.4, -0.2) is 9.97 Å². The van der Waals surface area contributed by atoms with Crippen molar-refractivity contribution in [2.75, 3.05) is 0 Å². The molecule has 0 N–H and O–H groups in total. The van der Waals surface area contributed by atoms with E-state index in [0.717, 1.165) is 18.5 Å². The van der Waals surface area contributed by atoms with Gasteiger partial charge in [0, 0.05) is 11.8 Å². The molecule has 0 bridgehead atoms. The van der Waals surface area contributed by atoms with Gasteiger partial charge in [-0.15, -0.1) is 0 Å². The van der Waals surface area contributed by atoms with E-state index in [1.54, 1.807) is 0 Å². The van der Waals surface area contributed by atoms with Gasteiger partial charge in [0.2, 0.25) is 0 Å². The quantitative estimate of drug-likeness (QED) is 0.674. The summed E-state index contributed by atoms with van der Waals surface area (Å²) in [6.45, 7) is 0. The molecule has 0 spiro atoms. The van der Waals surface area contributed by atoms with Crippen LogP contribution in [0.2, 0.25) is 0 Å². The second-order valence-corrected chi connectivity index (χ2v) is 3.79. The maximum Gasteiger partial charge on any atom is 0.348 e. The minimum atomic E-state index is -0.768. The molecule has 4 nitrogen and oxygen atoms in total. The van der Waals surface area contributed by atoms with Gasteiger partial charge in [0.15, 0.2) is 12.0 Å². The maximum atomic E-state index is 13.8. The fourth-order valence-electron chi connectivity index (χ4n) is 1.90. The second kappa shape index (κ2) is 4.24. The minimum absolute atomic E-state index is 0.0472. The Morgan fingerprint density at radius 2 is 1.79 bits per heavy atom. The average Bonchev–Trinajstić information content (AvgIpc) is 2.39. The molecule has 2 heterocycles. The summed E-state index contributed by atoms with van der Waals surface area (Å²) in [6, 6.07) is 4.83. The second-order valence-electron chi connectivity index (χ2n) is 3.79. The van der Waals surface area contributed by atoms with Gasteiger partial charge in [-0.05, 0) is 18.2 Å². The van der Waals surface area contributed by atoms with E-state index in [2.05, 4.69) is 14.4 Å². The molecule has 3 aromatic rings. The Morgan fingerprint density at radius 1 is 1.05 bits per heavy atom. The van der Waals surface area contributed by atoms with E-state index in [9.17, 15) is 13.6 Å². The summed E-state index contributed by atoms with van der Waals surface area (Å²) in [7, 11) is 0. The zero-order valence-corrected chi connectivity index (χ0v) is 9.43. The monoisotopic (exact) mass is 260 g/mol. The van der Waals surface area contributed by atoms with Crippen LogP contribution < -0.4 is 5.63 Å². The highest BCUT2D eigenvalue weighted by Crippen LogP contribution is 2.29. The lowest BCUT2D eigenvalue weighted by Crippen LogP contribution is -2.04. The first kappa shape index (κ1) is 11.5. The molecular weight excluding hydrogens is 254 g/mol. The van der Waals surface area contributed by atoms with Crippen LogP contribution in [0.3, 0.4) is 0 Å². The first-order valence-corrected chi connectivity index (χ1v) is 5.35. The van der Waals surface area contributed by atoms with Crippen molar-refractivity contribution < 1.29 is 13.2 Å². The van der Waals surface area contributed by atoms with Gasteiger partial charge in [-0.1, -0.05) is 6.07 Å². The van der Waals surface area contributed by atoms with Crippen LogP contribution in [0.5, 0.6) is 0 Å². The molecule has 6 heteroatoms. The molecule has 0 atom stereocenters. The Hall–Kier alpha value is -2.63. The number of fused-ring (bicyclic) bond motifs is 1. The molecule has 0 aliphatic rings. The number of hydrogen-bond donors (Lipinski definition) is 0. The predicted octanol–water partition coefficient (Wildman–Crippen LogP) is 2.53. The lowest BCUT2D eigenvalue weighted by atomic mass is 10.0. The number of hydrogen-bond acceptors (Lipinski definition) is 4. The Balaban J connectivity index is 2.48. The summed E-state index contributed by atoms with van der Waals surface area (Å²) >= 11 is 0. The molecular formula is C13H6F2N2O2. The molecule has 0 saturated carbocycles. The molecule has 1 aromatic carbocycles. The van der Waals surface area contributed by atoms with Gasteiger partial charge in [-0.3, -0.25) is 0 Å². The topological polar surface area (TPSA) is 56.0 Å². The third kappa shape index (κ3) is 1.77. The summed E-state index contributed by atoms with van der Waals surface area (Å²) in [5.41, 5.74) is -0.884. The third-order valence-electron chi connectivity index (χ3n) is 2.70. The Kier molecular flexibility index (Phi) is 2.56. The normalized spacial score (nSPS) is 10.8. The van der Waals surface area contributed by atoms with E-state index in [1.807, 2.05) is 0 Å². The fourth-order valence-corrected chi connectivity index (χ4v) is 1.90. The Morgan fingerprint density at radius 3 is 2.53 bits per heavy atom. The van der Waals surface area contributed by atoms with Crippen LogP contribution in [0.25, 0.3) is 22.2 Å². The molecule has 0 aliphatic carbocycles. The number of aromatic nitrogens is 2. The van der Waals surface area contributed by atoms with Crippen molar-refractivity contribution >= 4 is 11.0 Å². The summed E-state index contributed by atoms with van der Waals surface area (Å²) in [6.07, 6.45) is 2.27. The molecule has 2 aromatic heterocycles. The van der Waals surface area contributed by atoms with Crippen LogP contribution in [0.15, 0.2) is 46.1 Å². The van der Waals surface area contributed by atoms with E-state index in [4.69, 9.17) is 0 Å². The van der Waals surface area contributed by atoms with E-state index in [0.29, 0.717) is 0 Å². The zero-order chi connectivity index (χ0) is 13.4. The molecule has 94 valence electrons. The molecule has 3 rings (SSSR count). The van der Waals surface area contributed by atoms with Gasteiger partial charge >= 0.3 is 5.63 Å². The first-order valence-electron chi connectivity index (χ1n) is 5.35. The maximum absolute atomic E-state index is 13.8. The molecule has 0 radical (unpaired) electrons. The van der Waals surface area contributed by atoms with Crippen molar-refractivity contribution in [1.29, 1.82) is 0 Å². The van der Waals surface area contributed by atoms with Gasteiger partial charge in [-0.2, -0.15) is 4.98 Å². The van der Waals surface area contributed by atoms with Crippen molar-refractivity contribution in [1.82, 2.24) is 9.97 Å². The van der Waals surface area contributed by atoms with Gasteiger partial charge in [0.25, 0.3) is 0 Å². The number of halogens is 2. The molecule has 0 saturated heterocycles. The molecule has 0 fully saturated rings. The highest BCUT2D eigenvalue weighted by atomic mass is 19.1. The third-order valence-corrected chi connectivity index (χ3v) is 2.70. The zero-order valence-electron chi connectivity index (χ0n) is 9.43. The highest BCUT2D eigenvalue weighted by Gasteiger charge is 2.17. The molecule has 0 amide bonds. The summed E-state index contributed by atoms with van der Waals surface area (Å²) < 4.78 is 32.2. The predicted molar refractivity (Wildman–Crippen MR) is 63.4 cm³/mol. The van der Waals surface area contributed by atoms with Crippen molar-refractivity contribution in [2.24, 2.45) is 0 Å². The smallest absolute Gasteiger partial charge is 0.348 e. The first-order chi connectivity index (χ1) is 9.18. The number of pyridine rings is 1. The van der Waals surface area contributed by atoms with Crippen LogP contribution in [-0.2, 0) is 0 Å². The van der Waals surface area contributed by atoms with Crippen molar-refractivity contribution in [3.63, 3.8) is 0 Å². The summed E-state index contributed by atoms with van der Waals surface area (Å²) in [5.74, 6) is -1.54. The Bertz CT molecular complexity index is 805. The van der Waals surface area contributed by atoms with E-state index in [-0.39, 0.29) is 22.2 Å². The molecule has 19 heavy (non-hydrogen) atoms. The molecule has 0 unspecified atom stereocenters. The minimum Gasteiger partial charge on any atom is -0.411 e. The molecule has 0 aliphatic heterocycles. The van der Waals surface area contributed by atoms with Gasteiger partial charge in [-0.25, -0.2) is 18.6 Å². The largest absolute Gasteiger partial charge is 0.411 e. The number of nitrogens with zero attached hydrogens (tertiary/aromatic N) is 2. The number of benzene rings is 1.